The Balaban J connectivity index is 1.37. The zero-order valence-electron chi connectivity index (χ0n) is 57.2. The lowest BCUT2D eigenvalue weighted by atomic mass is 9.90. The molecule has 16 unspecified atom stereocenters. The molecule has 8 amide bonds. The van der Waals surface area contributed by atoms with Crippen molar-refractivity contribution in [1.82, 2.24) is 46.6 Å². The van der Waals surface area contributed by atoms with E-state index >= 15 is 0 Å². The zero-order valence-corrected chi connectivity index (χ0v) is 58.1. The molecular formula is C60H107N9O29P-. The molecule has 39 heteroatoms. The van der Waals surface area contributed by atoms with Crippen LogP contribution in [0.1, 0.15) is 92.9 Å². The van der Waals surface area contributed by atoms with Crippen molar-refractivity contribution in [1.29, 1.82) is 0 Å². The van der Waals surface area contributed by atoms with Gasteiger partial charge in [-0.05, 0) is 59.3 Å². The molecule has 0 aromatic rings. The van der Waals surface area contributed by atoms with E-state index in [0.717, 1.165) is 0 Å². The molecule has 0 aromatic heterocycles. The molecule has 0 radical (unpaired) electrons. The highest BCUT2D eigenvalue weighted by molar-refractivity contribution is 7.45. The second-order valence-electron chi connectivity index (χ2n) is 25.3. The maximum Gasteiger partial charge on any atom is 0.268 e. The number of aliphatic hydroxyl groups excluding tert-OH is 9. The monoisotopic (exact) mass is 1450 g/mol. The largest absolute Gasteiger partial charge is 0.756 e. The fourth-order valence-corrected chi connectivity index (χ4v) is 12.5. The van der Waals surface area contributed by atoms with Gasteiger partial charge < -0.3 is 139 Å². The molecule has 38 nitrogen and oxygen atoms in total. The zero-order chi connectivity index (χ0) is 73.4. The van der Waals surface area contributed by atoms with E-state index in [9.17, 15) is 93.8 Å². The number of rotatable bonds is 44. The number of hydrogen-bond acceptors (Lipinski definition) is 30. The van der Waals surface area contributed by atoms with Gasteiger partial charge in [-0.3, -0.25) is 47.8 Å². The van der Waals surface area contributed by atoms with Crippen LogP contribution in [-0.2, 0) is 89.9 Å². The smallest absolute Gasteiger partial charge is 0.268 e. The molecule has 4 fully saturated rings. The maximum atomic E-state index is 14.0. The molecular weight excluding hydrogens is 1340 g/mol. The van der Waals surface area contributed by atoms with E-state index in [-0.39, 0.29) is 163 Å². The second-order valence-corrected chi connectivity index (χ2v) is 26.6. The van der Waals surface area contributed by atoms with Crippen LogP contribution in [0.2, 0.25) is 0 Å². The number of phosphoric ester groups is 1. The number of nitrogens with one attached hydrogen (secondary N) is 6. The van der Waals surface area contributed by atoms with Gasteiger partial charge in [0, 0.05) is 86.0 Å². The van der Waals surface area contributed by atoms with Crippen molar-refractivity contribution in [2.24, 2.45) is 0 Å². The number of phosphoric acid groups is 1. The Bertz CT molecular complexity index is 2450. The van der Waals surface area contributed by atoms with Crippen molar-refractivity contribution in [3.8, 4) is 0 Å². The van der Waals surface area contributed by atoms with Gasteiger partial charge in [-0.1, -0.05) is 0 Å². The minimum absolute atomic E-state index is 0.0175. The Labute approximate surface area is 575 Å². The topological polar surface area (TPSA) is 533 Å². The highest BCUT2D eigenvalue weighted by Crippen LogP contribution is 2.45. The van der Waals surface area contributed by atoms with Crippen LogP contribution >= 0.6 is 7.82 Å². The molecule has 99 heavy (non-hydrogen) atoms. The minimum Gasteiger partial charge on any atom is -0.756 e. The lowest BCUT2D eigenvalue weighted by Gasteiger charge is -2.42. The van der Waals surface area contributed by atoms with Crippen LogP contribution in [0.3, 0.4) is 0 Å². The van der Waals surface area contributed by atoms with Crippen molar-refractivity contribution in [2.45, 2.75) is 196 Å². The van der Waals surface area contributed by atoms with Crippen LogP contribution in [-0.4, -0.2) is 349 Å². The van der Waals surface area contributed by atoms with Crippen molar-refractivity contribution in [3.63, 3.8) is 0 Å². The van der Waals surface area contributed by atoms with Crippen LogP contribution < -0.4 is 36.8 Å². The fourth-order valence-electron chi connectivity index (χ4n) is 11.2. The molecule has 4 aliphatic rings. The Morgan fingerprint density at radius 3 is 1.42 bits per heavy atom. The van der Waals surface area contributed by atoms with Gasteiger partial charge in [0.25, 0.3) is 7.82 Å². The lowest BCUT2D eigenvalue weighted by molar-refractivity contribution is -0.272. The number of amides is 8. The Hall–Kier alpha value is -4.85. The molecule has 15 N–H and O–H groups in total. The summed E-state index contributed by atoms with van der Waals surface area (Å²) in [6.07, 6.45) is -15.4. The van der Waals surface area contributed by atoms with Gasteiger partial charge in [0.1, 0.15) is 67.0 Å². The summed E-state index contributed by atoms with van der Waals surface area (Å²) in [5.74, 6) is -3.99. The Kier molecular flexibility index (Phi) is 39.0. The molecule has 0 spiro atoms. The average Bonchev–Trinajstić information content (AvgIpc) is 0.830. The summed E-state index contributed by atoms with van der Waals surface area (Å²) in [6, 6.07) is -3.30. The molecule has 0 aliphatic carbocycles. The van der Waals surface area contributed by atoms with E-state index in [1.807, 2.05) is 0 Å². The number of piperidine rings is 1. The van der Waals surface area contributed by atoms with E-state index in [4.69, 9.17) is 46.9 Å². The highest BCUT2D eigenvalue weighted by atomic mass is 31.2. The third-order valence-electron chi connectivity index (χ3n) is 16.0. The van der Waals surface area contributed by atoms with Crippen LogP contribution in [0.25, 0.3) is 0 Å². The van der Waals surface area contributed by atoms with Gasteiger partial charge in [0.05, 0.1) is 110 Å². The first kappa shape index (κ1) is 86.6. The normalized spacial score (nSPS) is 27.4. The summed E-state index contributed by atoms with van der Waals surface area (Å²) in [5.41, 5.74) is -1.01. The number of aliphatic hydroxyl groups is 9. The third-order valence-corrected chi connectivity index (χ3v) is 17.3. The Morgan fingerprint density at radius 2 is 0.970 bits per heavy atom. The maximum absolute atomic E-state index is 14.0. The molecule has 0 aromatic carbocycles. The summed E-state index contributed by atoms with van der Waals surface area (Å²) < 4.78 is 67.9. The number of nitrogens with zero attached hydrogens (tertiary/aromatic N) is 3. The fraction of sp³-hybridized carbons (Fsp3) is 0.867. The van der Waals surface area contributed by atoms with Gasteiger partial charge in [-0.2, -0.15) is 0 Å². The first-order chi connectivity index (χ1) is 46.9. The number of carbonyl (C=O) groups is 8. The third kappa shape index (κ3) is 31.7. The summed E-state index contributed by atoms with van der Waals surface area (Å²) in [7, 11) is -4.63. The number of ether oxygens (including phenoxy) is 8. The number of hydrogen-bond donors (Lipinski definition) is 15. The summed E-state index contributed by atoms with van der Waals surface area (Å²) in [5, 5.41) is 107. The number of likely N-dealkylation sites (tertiary alicyclic amines) is 1. The van der Waals surface area contributed by atoms with Crippen LogP contribution in [0.15, 0.2) is 0 Å². The van der Waals surface area contributed by atoms with E-state index < -0.39 is 179 Å². The van der Waals surface area contributed by atoms with Gasteiger partial charge in [0.15, 0.2) is 12.6 Å². The molecule has 4 heterocycles. The van der Waals surface area contributed by atoms with Gasteiger partial charge in [0.2, 0.25) is 47.3 Å². The molecule has 4 rings (SSSR count). The van der Waals surface area contributed by atoms with E-state index in [1.165, 1.54) is 30.6 Å². The molecule has 572 valence electrons. The van der Waals surface area contributed by atoms with Gasteiger partial charge in [-0.15, -0.1) is 0 Å². The van der Waals surface area contributed by atoms with E-state index in [2.05, 4.69) is 31.9 Å². The molecule has 4 aliphatic heterocycles. The van der Waals surface area contributed by atoms with Crippen LogP contribution in [0, 0.1) is 0 Å². The Morgan fingerprint density at radius 1 is 0.535 bits per heavy atom. The van der Waals surface area contributed by atoms with Crippen molar-refractivity contribution >= 4 is 55.1 Å². The van der Waals surface area contributed by atoms with Crippen molar-refractivity contribution in [3.05, 3.63) is 0 Å². The molecule has 4 saturated heterocycles. The lowest BCUT2D eigenvalue weighted by Crippen LogP contribution is -2.64. The standard InChI is InChI=1S/C60H108N9O29P/c1-36(73)64-49-40(94-41(33-70)52(81)55(49)84)10-8-22-89-23-15-61-44(76)30-67(31-45(77)62-16-24-90-26-28-92-58-50(65-37(2)74)56(85)53(82)42(34-71)95-58)18-9-19-69(48(80)12-7-11-47(79)68-20-13-39(14-21-68)97-99(87,88)98-60(4,5)6)32-46(78)63-17-25-91-27-29-93-59-51(66-38(3)75)57(86)54(83)43(35-72)96-59/h39-43,49-59,70-72,81-86H,7-35H2,1-6H3,(H,61,76)(H,62,77)(H,63,78)(H,64,73)(H,65,74)(H,66,75)(H,87,88)/p-1. The van der Waals surface area contributed by atoms with Crippen molar-refractivity contribution < 1.29 is 141 Å². The first-order valence-corrected chi connectivity index (χ1v) is 34.8. The quantitative estimate of drug-likeness (QED) is 0.0199. The number of carbonyl (C=O) groups excluding carboxylic acids is 8. The summed E-state index contributed by atoms with van der Waals surface area (Å²) >= 11 is 0. The minimum atomic E-state index is -4.63. The molecule has 0 saturated carbocycles. The van der Waals surface area contributed by atoms with Crippen LogP contribution in [0.4, 0.5) is 0 Å². The predicted molar refractivity (Wildman–Crippen MR) is 339 cm³/mol. The second kappa shape index (κ2) is 44.6. The van der Waals surface area contributed by atoms with E-state index in [1.54, 1.807) is 25.7 Å². The molecule has 0 bridgehead atoms. The van der Waals surface area contributed by atoms with Gasteiger partial charge >= 0.3 is 0 Å². The average molecular weight is 1450 g/mol. The van der Waals surface area contributed by atoms with Gasteiger partial charge in [-0.25, -0.2) is 0 Å². The van der Waals surface area contributed by atoms with E-state index in [0.29, 0.717) is 6.42 Å². The SMILES string of the molecule is CC(=O)NC1C(CCCOCCNC(=O)CN(CCCN(CC(=O)NCCOCCOC2OC(CO)C(O)C(O)C2NC(C)=O)C(=O)CCCC(=O)N2CCC(OP(=O)([O-])OC(C)(C)C)CC2)CC(=O)NCCOCCOC2OC(CO)C(O)C(O)C2NC(C)=O)OC(CO)C(O)C1O. The highest BCUT2D eigenvalue weighted by Gasteiger charge is 2.48. The van der Waals surface area contributed by atoms with Crippen molar-refractivity contribution in [2.75, 3.05) is 138 Å². The first-order valence-electron chi connectivity index (χ1n) is 33.3. The predicted octanol–water partition coefficient (Wildman–Crippen LogP) is -7.95. The molecule has 16 atom stereocenters. The summed E-state index contributed by atoms with van der Waals surface area (Å²) in [6.45, 7) is 5.34. The summed E-state index contributed by atoms with van der Waals surface area (Å²) in [4.78, 5) is 120. The van der Waals surface area contributed by atoms with Crippen LogP contribution in [0.5, 0.6) is 0 Å².